The summed E-state index contributed by atoms with van der Waals surface area (Å²) < 4.78 is 11.0. The average molecular weight is 328 g/mol. The Morgan fingerprint density at radius 1 is 1.26 bits per heavy atom. The minimum Gasteiger partial charge on any atom is -0.449 e. The minimum atomic E-state index is -0.711. The minimum absolute atomic E-state index is 0.205. The summed E-state index contributed by atoms with van der Waals surface area (Å²) >= 11 is 0. The van der Waals surface area contributed by atoms with Crippen molar-refractivity contribution >= 4 is 6.09 Å². The number of nitrogens with zero attached hydrogens (tertiary/aromatic N) is 2. The third-order valence-corrected chi connectivity index (χ3v) is 4.69. The van der Waals surface area contributed by atoms with E-state index < -0.39 is 5.60 Å². The first-order valence-electron chi connectivity index (χ1n) is 8.94. The molecule has 134 valence electrons. The lowest BCUT2D eigenvalue weighted by molar-refractivity contribution is -0.102. The van der Waals surface area contributed by atoms with Crippen LogP contribution in [0.4, 0.5) is 4.79 Å². The Balaban J connectivity index is 1.76. The number of hydrogen-bond donors (Lipinski definition) is 1. The van der Waals surface area contributed by atoms with Gasteiger partial charge in [-0.3, -0.25) is 4.90 Å². The lowest BCUT2D eigenvalue weighted by Crippen LogP contribution is -2.55. The average Bonchev–Trinajstić information content (AvgIpc) is 2.46. The van der Waals surface area contributed by atoms with E-state index in [1.807, 2.05) is 0 Å². The Bertz CT molecular complexity index is 373. The van der Waals surface area contributed by atoms with E-state index >= 15 is 0 Å². The number of hydrogen-bond acceptors (Lipinski definition) is 5. The molecule has 2 atom stereocenters. The topological polar surface area (TPSA) is 62.2 Å². The quantitative estimate of drug-likeness (QED) is 0.781. The SMILES string of the molecule is CCCCOC(=O)N1CCC(O)(CN2C[C@@H](C)O[C@@H](C)C2)CC1. The Morgan fingerprint density at radius 2 is 1.87 bits per heavy atom. The van der Waals surface area contributed by atoms with Crippen LogP contribution in [0.1, 0.15) is 46.5 Å². The lowest BCUT2D eigenvalue weighted by atomic mass is 9.90. The van der Waals surface area contributed by atoms with Crippen LogP contribution in [0.5, 0.6) is 0 Å². The van der Waals surface area contributed by atoms with Crippen LogP contribution in [0.15, 0.2) is 0 Å². The molecule has 2 fully saturated rings. The van der Waals surface area contributed by atoms with Gasteiger partial charge in [-0.2, -0.15) is 0 Å². The van der Waals surface area contributed by atoms with E-state index in [-0.39, 0.29) is 18.3 Å². The van der Waals surface area contributed by atoms with Gasteiger partial charge >= 0.3 is 6.09 Å². The summed E-state index contributed by atoms with van der Waals surface area (Å²) in [5, 5.41) is 10.8. The van der Waals surface area contributed by atoms with Gasteiger partial charge in [-0.05, 0) is 33.1 Å². The van der Waals surface area contributed by atoms with Gasteiger partial charge in [-0.25, -0.2) is 4.79 Å². The van der Waals surface area contributed by atoms with Crippen molar-refractivity contribution in [1.29, 1.82) is 0 Å². The van der Waals surface area contributed by atoms with Crippen molar-refractivity contribution in [3.63, 3.8) is 0 Å². The molecule has 1 N–H and O–H groups in total. The van der Waals surface area contributed by atoms with E-state index in [2.05, 4.69) is 25.7 Å². The van der Waals surface area contributed by atoms with Crippen LogP contribution in [0.2, 0.25) is 0 Å². The maximum atomic E-state index is 12.0. The number of β-amino-alcohol motifs (C(OH)–C–C–N with tert-alkyl or cyclic N) is 1. The van der Waals surface area contributed by atoms with Crippen molar-refractivity contribution in [3.8, 4) is 0 Å². The number of rotatable bonds is 5. The molecule has 0 saturated carbocycles. The molecule has 6 nitrogen and oxygen atoms in total. The zero-order valence-electron chi connectivity index (χ0n) is 14.8. The summed E-state index contributed by atoms with van der Waals surface area (Å²) in [6.07, 6.45) is 3.30. The summed E-state index contributed by atoms with van der Waals surface area (Å²) in [5.74, 6) is 0. The molecule has 23 heavy (non-hydrogen) atoms. The highest BCUT2D eigenvalue weighted by molar-refractivity contribution is 5.67. The zero-order chi connectivity index (χ0) is 16.9. The number of unbranched alkanes of at least 4 members (excludes halogenated alkanes) is 1. The standard InChI is InChI=1S/C17H32N2O4/c1-4-5-10-22-16(20)19-8-6-17(21,7-9-19)13-18-11-14(2)23-15(3)12-18/h14-15,21H,4-13H2,1-3H3/t14-,15+. The van der Waals surface area contributed by atoms with Gasteiger partial charge in [0.2, 0.25) is 0 Å². The van der Waals surface area contributed by atoms with Crippen molar-refractivity contribution in [2.75, 3.05) is 39.3 Å². The monoisotopic (exact) mass is 328 g/mol. The number of carbonyl (C=O) groups excluding carboxylic acids is 1. The molecule has 2 heterocycles. The Morgan fingerprint density at radius 3 is 2.43 bits per heavy atom. The summed E-state index contributed by atoms with van der Waals surface area (Å²) in [6.45, 7) is 10.2. The summed E-state index contributed by atoms with van der Waals surface area (Å²) in [7, 11) is 0. The van der Waals surface area contributed by atoms with Crippen LogP contribution in [-0.4, -0.2) is 78.1 Å². The number of piperidine rings is 1. The summed E-state index contributed by atoms with van der Waals surface area (Å²) in [6, 6.07) is 0. The van der Waals surface area contributed by atoms with Gasteiger partial charge in [-0.15, -0.1) is 0 Å². The smallest absolute Gasteiger partial charge is 0.409 e. The van der Waals surface area contributed by atoms with E-state index in [9.17, 15) is 9.90 Å². The molecule has 2 aliphatic heterocycles. The second-order valence-corrected chi connectivity index (χ2v) is 7.13. The van der Waals surface area contributed by atoms with Gasteiger partial charge in [0.05, 0.1) is 24.4 Å². The Hall–Kier alpha value is -0.850. The highest BCUT2D eigenvalue weighted by Crippen LogP contribution is 2.25. The van der Waals surface area contributed by atoms with E-state index in [1.54, 1.807) is 4.90 Å². The van der Waals surface area contributed by atoms with Crippen molar-refractivity contribution in [2.45, 2.75) is 64.3 Å². The molecular weight excluding hydrogens is 296 g/mol. The third kappa shape index (κ3) is 5.62. The van der Waals surface area contributed by atoms with E-state index in [0.717, 1.165) is 25.9 Å². The molecule has 1 amide bonds. The number of morpholine rings is 1. The number of aliphatic hydroxyl groups is 1. The highest BCUT2D eigenvalue weighted by Gasteiger charge is 2.37. The fourth-order valence-electron chi connectivity index (χ4n) is 3.49. The molecule has 0 spiro atoms. The zero-order valence-corrected chi connectivity index (χ0v) is 14.8. The second-order valence-electron chi connectivity index (χ2n) is 7.13. The van der Waals surface area contributed by atoms with Crippen LogP contribution >= 0.6 is 0 Å². The van der Waals surface area contributed by atoms with Crippen molar-refractivity contribution in [3.05, 3.63) is 0 Å². The van der Waals surface area contributed by atoms with Crippen LogP contribution in [-0.2, 0) is 9.47 Å². The second kappa shape index (κ2) is 8.31. The number of amides is 1. The maximum Gasteiger partial charge on any atom is 0.409 e. The first-order valence-corrected chi connectivity index (χ1v) is 8.94. The van der Waals surface area contributed by atoms with Gasteiger partial charge in [0.15, 0.2) is 0 Å². The molecular formula is C17H32N2O4. The van der Waals surface area contributed by atoms with Crippen molar-refractivity contribution in [1.82, 2.24) is 9.80 Å². The molecule has 0 bridgehead atoms. The van der Waals surface area contributed by atoms with Crippen LogP contribution in [0, 0.1) is 0 Å². The normalized spacial score (nSPS) is 28.6. The number of ether oxygens (including phenoxy) is 2. The number of carbonyl (C=O) groups is 1. The fraction of sp³-hybridized carbons (Fsp3) is 0.941. The van der Waals surface area contributed by atoms with Gasteiger partial charge in [0, 0.05) is 32.7 Å². The fourth-order valence-corrected chi connectivity index (χ4v) is 3.49. The highest BCUT2D eigenvalue weighted by atomic mass is 16.6. The lowest BCUT2D eigenvalue weighted by Gasteiger charge is -2.43. The predicted molar refractivity (Wildman–Crippen MR) is 88.5 cm³/mol. The van der Waals surface area contributed by atoms with Crippen molar-refractivity contribution < 1.29 is 19.4 Å². The van der Waals surface area contributed by atoms with Gasteiger partial charge in [-0.1, -0.05) is 13.3 Å². The Labute approximate surface area is 139 Å². The molecule has 0 aliphatic carbocycles. The van der Waals surface area contributed by atoms with Gasteiger partial charge in [0.1, 0.15) is 0 Å². The van der Waals surface area contributed by atoms with Crippen LogP contribution in [0.3, 0.4) is 0 Å². The first kappa shape index (κ1) is 18.5. The summed E-state index contributed by atoms with van der Waals surface area (Å²) in [4.78, 5) is 16.0. The first-order chi connectivity index (χ1) is 10.9. The van der Waals surface area contributed by atoms with Crippen molar-refractivity contribution in [2.24, 2.45) is 0 Å². The molecule has 0 unspecified atom stereocenters. The molecule has 0 radical (unpaired) electrons. The molecule has 2 saturated heterocycles. The summed E-state index contributed by atoms with van der Waals surface area (Å²) in [5.41, 5.74) is -0.711. The molecule has 0 aromatic rings. The molecule has 2 aliphatic rings. The number of likely N-dealkylation sites (tertiary alicyclic amines) is 1. The van der Waals surface area contributed by atoms with Crippen LogP contribution < -0.4 is 0 Å². The molecule has 0 aromatic carbocycles. The van der Waals surface area contributed by atoms with Gasteiger partial charge < -0.3 is 19.5 Å². The molecule has 0 aromatic heterocycles. The largest absolute Gasteiger partial charge is 0.449 e. The maximum absolute atomic E-state index is 12.0. The van der Waals surface area contributed by atoms with Crippen LogP contribution in [0.25, 0.3) is 0 Å². The Kier molecular flexibility index (Phi) is 6.68. The molecule has 2 rings (SSSR count). The van der Waals surface area contributed by atoms with E-state index in [1.165, 1.54) is 0 Å². The van der Waals surface area contributed by atoms with E-state index in [4.69, 9.17) is 9.47 Å². The molecule has 6 heteroatoms. The van der Waals surface area contributed by atoms with E-state index in [0.29, 0.717) is 39.1 Å². The van der Waals surface area contributed by atoms with Gasteiger partial charge in [0.25, 0.3) is 0 Å². The third-order valence-electron chi connectivity index (χ3n) is 4.69. The predicted octanol–water partition coefficient (Wildman–Crippen LogP) is 1.86.